The zero-order valence-corrected chi connectivity index (χ0v) is 21.2. The van der Waals surface area contributed by atoms with Crippen molar-refractivity contribution in [2.75, 3.05) is 19.8 Å². The lowest BCUT2D eigenvalue weighted by Gasteiger charge is -2.24. The fourth-order valence-corrected chi connectivity index (χ4v) is 4.93. The highest BCUT2D eigenvalue weighted by Gasteiger charge is 2.49. The minimum Gasteiger partial charge on any atom is -0.461 e. The smallest absolute Gasteiger partial charge is 0.461 e. The van der Waals surface area contributed by atoms with Crippen LogP contribution in [0.4, 0.5) is 4.79 Å². The number of ether oxygens (including phenoxy) is 4. The fourth-order valence-electron chi connectivity index (χ4n) is 3.70. The van der Waals surface area contributed by atoms with Crippen molar-refractivity contribution < 1.29 is 38.4 Å². The first kappa shape index (κ1) is 26.4. The molecular weight excluding hydrogens is 498 g/mol. The molecule has 2 aromatic rings. The molecule has 37 heavy (non-hydrogen) atoms. The van der Waals surface area contributed by atoms with E-state index in [1.807, 2.05) is 13.8 Å². The second-order valence-corrected chi connectivity index (χ2v) is 10.0. The van der Waals surface area contributed by atoms with Crippen LogP contribution in [-0.2, 0) is 18.9 Å². The highest BCUT2D eigenvalue weighted by atomic mass is 32.2. The summed E-state index contributed by atoms with van der Waals surface area (Å²) in [5.41, 5.74) is 2.11. The Labute approximate surface area is 218 Å². The molecule has 4 atom stereocenters. The molecule has 0 bridgehead atoms. The summed E-state index contributed by atoms with van der Waals surface area (Å²) in [5, 5.41) is 9.96. The van der Waals surface area contributed by atoms with Gasteiger partial charge in [-0.05, 0) is 38.1 Å². The molecule has 0 aromatic heterocycles. The van der Waals surface area contributed by atoms with Crippen LogP contribution in [0.1, 0.15) is 31.8 Å². The molecule has 2 aliphatic heterocycles. The molecule has 1 saturated heterocycles. The van der Waals surface area contributed by atoms with E-state index in [1.165, 1.54) is 0 Å². The van der Waals surface area contributed by atoms with Crippen LogP contribution in [-0.4, -0.2) is 72.1 Å². The molecule has 2 aliphatic rings. The molecule has 4 rings (SSSR count). The number of thioether (sulfide) groups is 1. The van der Waals surface area contributed by atoms with E-state index < -0.39 is 41.0 Å². The van der Waals surface area contributed by atoms with Gasteiger partial charge in [0.05, 0.1) is 22.9 Å². The van der Waals surface area contributed by atoms with Crippen LogP contribution in [0.3, 0.4) is 0 Å². The molecule has 4 unspecified atom stereocenters. The summed E-state index contributed by atoms with van der Waals surface area (Å²) in [6.07, 6.45) is 0.0381. The first-order valence-corrected chi connectivity index (χ1v) is 12.6. The molecule has 10 heteroatoms. The van der Waals surface area contributed by atoms with E-state index in [2.05, 4.69) is 4.99 Å². The van der Waals surface area contributed by atoms with Crippen molar-refractivity contribution in [3.05, 3.63) is 82.4 Å². The molecule has 1 fully saturated rings. The van der Waals surface area contributed by atoms with E-state index in [0.29, 0.717) is 17.7 Å². The molecule has 0 saturated carbocycles. The third-order valence-corrected chi connectivity index (χ3v) is 7.09. The van der Waals surface area contributed by atoms with Crippen LogP contribution in [0.2, 0.25) is 0 Å². The number of aliphatic imine (C=N–C) groups is 1. The summed E-state index contributed by atoms with van der Waals surface area (Å²) in [4.78, 5) is 41.8. The van der Waals surface area contributed by atoms with Crippen LogP contribution in [0, 0.1) is 13.8 Å². The summed E-state index contributed by atoms with van der Waals surface area (Å²) < 4.78 is 21.6. The Morgan fingerprint density at radius 1 is 0.892 bits per heavy atom. The molecule has 194 valence electrons. The van der Waals surface area contributed by atoms with Crippen molar-refractivity contribution in [3.8, 4) is 0 Å². The average Bonchev–Trinajstić information content (AvgIpc) is 3.51. The molecule has 0 radical (unpaired) electrons. The molecule has 0 aliphatic carbocycles. The van der Waals surface area contributed by atoms with Crippen molar-refractivity contribution in [1.29, 1.82) is 0 Å². The lowest BCUT2D eigenvalue weighted by molar-refractivity contribution is -0.0647. The first-order chi connectivity index (χ1) is 17.8. The number of nitrogens with zero attached hydrogens (tertiary/aromatic N) is 1. The minimum absolute atomic E-state index is 0.0380. The largest absolute Gasteiger partial charge is 0.509 e. The lowest BCUT2D eigenvalue weighted by atomic mass is 10.1. The van der Waals surface area contributed by atoms with Crippen molar-refractivity contribution in [2.45, 2.75) is 36.7 Å². The number of hydrogen-bond donors (Lipinski definition) is 1. The molecule has 0 amide bonds. The monoisotopic (exact) mass is 525 g/mol. The highest BCUT2D eigenvalue weighted by Crippen LogP contribution is 2.37. The van der Waals surface area contributed by atoms with Crippen molar-refractivity contribution in [2.24, 2.45) is 4.99 Å². The number of aryl methyl sites for hydroxylation is 2. The summed E-state index contributed by atoms with van der Waals surface area (Å²) in [7, 11) is 0. The van der Waals surface area contributed by atoms with Gasteiger partial charge in [0.2, 0.25) is 0 Å². The van der Waals surface area contributed by atoms with Gasteiger partial charge in [-0.15, -0.1) is 11.8 Å². The van der Waals surface area contributed by atoms with Gasteiger partial charge in [-0.25, -0.2) is 14.4 Å². The van der Waals surface area contributed by atoms with Crippen molar-refractivity contribution >= 4 is 36.1 Å². The molecule has 0 spiro atoms. The first-order valence-electron chi connectivity index (χ1n) is 11.7. The van der Waals surface area contributed by atoms with Gasteiger partial charge < -0.3 is 24.1 Å². The number of rotatable bonds is 8. The Balaban J connectivity index is 1.45. The molecule has 2 aromatic carbocycles. The minimum atomic E-state index is -1.24. The Kier molecular flexibility index (Phi) is 8.62. The number of esters is 2. The number of carbonyl (C=O) groups is 3. The number of aliphatic hydroxyl groups excluding tert-OH is 1. The summed E-state index contributed by atoms with van der Waals surface area (Å²) in [6, 6.07) is 13.6. The van der Waals surface area contributed by atoms with Gasteiger partial charge >= 0.3 is 18.1 Å². The maximum Gasteiger partial charge on any atom is 0.509 e. The molecule has 2 heterocycles. The van der Waals surface area contributed by atoms with Crippen LogP contribution in [0.5, 0.6) is 0 Å². The third kappa shape index (κ3) is 6.99. The number of carbonyl (C=O) groups excluding carboxylic acids is 3. The van der Waals surface area contributed by atoms with Crippen molar-refractivity contribution in [3.63, 3.8) is 0 Å². The second kappa shape index (κ2) is 12.1. The maximum atomic E-state index is 12.9. The number of hydrogen-bond acceptors (Lipinski definition) is 10. The third-order valence-electron chi connectivity index (χ3n) is 5.79. The number of aliphatic hydroxyl groups is 1. The standard InChI is InChI=1S/C27H27NO8S/c1-16-3-7-19(8-4-16)24(29)33-15-21-22(35-25(30)20-9-5-17(2)6-10-20)23(26(31)37-21)36-27(32)34-14-18-11-12-28-13-18/h3-11,13,21-23,26,31H,12,14-15H2,1-2H3. The van der Waals surface area contributed by atoms with E-state index in [-0.39, 0.29) is 13.2 Å². The zero-order chi connectivity index (χ0) is 26.4. The van der Waals surface area contributed by atoms with Gasteiger partial charge in [0, 0.05) is 11.8 Å². The summed E-state index contributed by atoms with van der Waals surface area (Å²) in [5.74, 6) is -1.22. The van der Waals surface area contributed by atoms with Gasteiger partial charge in [0.25, 0.3) is 0 Å². The van der Waals surface area contributed by atoms with E-state index in [0.717, 1.165) is 28.5 Å². The van der Waals surface area contributed by atoms with E-state index in [4.69, 9.17) is 18.9 Å². The van der Waals surface area contributed by atoms with Gasteiger partial charge in [-0.2, -0.15) is 0 Å². The van der Waals surface area contributed by atoms with Crippen LogP contribution >= 0.6 is 11.8 Å². The normalized spacial score (nSPS) is 22.3. The Hall–Kier alpha value is -3.63. The number of benzene rings is 2. The van der Waals surface area contributed by atoms with Crippen LogP contribution in [0.15, 0.2) is 65.2 Å². The topological polar surface area (TPSA) is 121 Å². The predicted molar refractivity (Wildman–Crippen MR) is 137 cm³/mol. The molecular formula is C27H27NO8S. The predicted octanol–water partition coefficient (Wildman–Crippen LogP) is 3.65. The van der Waals surface area contributed by atoms with Crippen LogP contribution in [0.25, 0.3) is 0 Å². The summed E-state index contributed by atoms with van der Waals surface area (Å²) >= 11 is 0.982. The highest BCUT2D eigenvalue weighted by molar-refractivity contribution is 8.00. The van der Waals surface area contributed by atoms with Gasteiger partial charge in [0.15, 0.2) is 12.2 Å². The molecule has 9 nitrogen and oxygen atoms in total. The Morgan fingerprint density at radius 2 is 1.51 bits per heavy atom. The lowest BCUT2D eigenvalue weighted by Crippen LogP contribution is -2.42. The van der Waals surface area contributed by atoms with E-state index in [9.17, 15) is 19.5 Å². The SMILES string of the molecule is Cc1ccc(C(=O)OCC2SC(O)C(OC(=O)OCC3=CCN=C3)C2OC(=O)c2ccc(C)cc2)cc1. The average molecular weight is 526 g/mol. The Morgan fingerprint density at radius 3 is 2.11 bits per heavy atom. The quantitative estimate of drug-likeness (QED) is 0.407. The summed E-state index contributed by atoms with van der Waals surface area (Å²) in [6.45, 7) is 4.09. The van der Waals surface area contributed by atoms with E-state index >= 15 is 0 Å². The zero-order valence-electron chi connectivity index (χ0n) is 20.4. The van der Waals surface area contributed by atoms with Gasteiger partial charge in [-0.3, -0.25) is 4.99 Å². The fraction of sp³-hybridized carbons (Fsp3) is 0.333. The van der Waals surface area contributed by atoms with Gasteiger partial charge in [0.1, 0.15) is 18.6 Å². The van der Waals surface area contributed by atoms with Gasteiger partial charge in [-0.1, -0.05) is 41.5 Å². The molecule has 1 N–H and O–H groups in total. The Bertz CT molecular complexity index is 1190. The maximum absolute atomic E-state index is 12.9. The van der Waals surface area contributed by atoms with Crippen LogP contribution < -0.4 is 0 Å². The van der Waals surface area contributed by atoms with Crippen molar-refractivity contribution in [1.82, 2.24) is 0 Å². The second-order valence-electron chi connectivity index (χ2n) is 8.66. The van der Waals surface area contributed by atoms with E-state index in [1.54, 1.807) is 60.8 Å².